The van der Waals surface area contributed by atoms with E-state index < -0.39 is 0 Å². The third kappa shape index (κ3) is 2.65. The van der Waals surface area contributed by atoms with Crippen molar-refractivity contribution in [1.82, 2.24) is 14.7 Å². The molecule has 3 heterocycles. The van der Waals surface area contributed by atoms with E-state index in [-0.39, 0.29) is 6.03 Å². The number of anilines is 1. The Balaban J connectivity index is 1.30. The highest BCUT2D eigenvalue weighted by Gasteiger charge is 2.59. The minimum absolute atomic E-state index is 0.0590. The van der Waals surface area contributed by atoms with Gasteiger partial charge in [0.2, 0.25) is 0 Å². The van der Waals surface area contributed by atoms with Gasteiger partial charge in [0.15, 0.2) is 0 Å². The number of amides is 2. The number of nitrogens with one attached hydrogen (secondary N) is 1. The first kappa shape index (κ1) is 16.6. The van der Waals surface area contributed by atoms with Gasteiger partial charge in [-0.15, -0.1) is 0 Å². The van der Waals surface area contributed by atoms with Crippen molar-refractivity contribution in [3.05, 3.63) is 12.3 Å². The van der Waals surface area contributed by atoms with Crippen LogP contribution < -0.4 is 5.32 Å². The van der Waals surface area contributed by atoms with Crippen LogP contribution in [-0.4, -0.2) is 46.5 Å². The van der Waals surface area contributed by atoms with Gasteiger partial charge < -0.3 is 9.64 Å². The fourth-order valence-electron chi connectivity index (χ4n) is 5.52. The number of nitrogens with zero attached hydrogens (tertiary/aromatic N) is 3. The number of urea groups is 1. The minimum Gasteiger partial charge on any atom is -0.381 e. The van der Waals surface area contributed by atoms with E-state index in [1.165, 1.54) is 32.1 Å². The van der Waals surface area contributed by atoms with Crippen LogP contribution in [0.2, 0.25) is 0 Å². The normalized spacial score (nSPS) is 29.1. The van der Waals surface area contributed by atoms with E-state index in [1.807, 2.05) is 10.7 Å². The molecule has 4 fully saturated rings. The molecular weight excluding hydrogens is 328 g/mol. The van der Waals surface area contributed by atoms with Crippen LogP contribution in [0.25, 0.3) is 0 Å². The predicted octanol–water partition coefficient (Wildman–Crippen LogP) is 3.67. The summed E-state index contributed by atoms with van der Waals surface area (Å²) in [5.74, 6) is 2.15. The Labute approximate surface area is 155 Å². The zero-order chi connectivity index (χ0) is 17.7. The van der Waals surface area contributed by atoms with Gasteiger partial charge >= 0.3 is 6.03 Å². The standard InChI is InChI=1S/C20H30N4O2/c1-14(15-3-4-15)24-17(5-10-21-24)22-19(25)23-13-20(8-2-9-20)18(23)16-6-11-26-12-7-16/h5,10,14-16,18H,2-4,6-9,11-13H2,1H3,(H,22,25). The van der Waals surface area contributed by atoms with Crippen molar-refractivity contribution >= 4 is 11.8 Å². The third-order valence-electron chi connectivity index (χ3n) is 7.37. The molecule has 1 aromatic rings. The number of aromatic nitrogens is 2. The summed E-state index contributed by atoms with van der Waals surface area (Å²) in [5.41, 5.74) is 0.404. The molecule has 0 bridgehead atoms. The van der Waals surface area contributed by atoms with Gasteiger partial charge in [0.1, 0.15) is 5.82 Å². The molecule has 2 unspecified atom stereocenters. The summed E-state index contributed by atoms with van der Waals surface area (Å²) < 4.78 is 7.56. The Kier molecular flexibility index (Phi) is 3.99. The first-order valence-electron chi connectivity index (χ1n) is 10.4. The van der Waals surface area contributed by atoms with Gasteiger partial charge in [-0.2, -0.15) is 5.10 Å². The monoisotopic (exact) mass is 358 g/mol. The molecule has 4 aliphatic rings. The molecule has 2 aliphatic carbocycles. The lowest BCUT2D eigenvalue weighted by Crippen LogP contribution is -2.72. The molecule has 1 aromatic heterocycles. The van der Waals surface area contributed by atoms with E-state index >= 15 is 0 Å². The van der Waals surface area contributed by atoms with E-state index in [4.69, 9.17) is 4.74 Å². The molecule has 0 aromatic carbocycles. The van der Waals surface area contributed by atoms with E-state index in [2.05, 4.69) is 22.2 Å². The Hall–Kier alpha value is -1.56. The Bertz CT molecular complexity index is 673. The largest absolute Gasteiger partial charge is 0.381 e. The molecule has 2 atom stereocenters. The molecule has 6 heteroatoms. The lowest BCUT2D eigenvalue weighted by molar-refractivity contribution is -0.135. The summed E-state index contributed by atoms with van der Waals surface area (Å²) in [4.78, 5) is 15.2. The molecule has 2 saturated heterocycles. The number of carbonyl (C=O) groups is 1. The molecule has 6 nitrogen and oxygen atoms in total. The van der Waals surface area contributed by atoms with Gasteiger partial charge in [-0.25, -0.2) is 9.48 Å². The molecular formula is C20H30N4O2. The molecule has 142 valence electrons. The van der Waals surface area contributed by atoms with Gasteiger partial charge in [0.25, 0.3) is 0 Å². The van der Waals surface area contributed by atoms with Crippen LogP contribution in [0.5, 0.6) is 0 Å². The molecule has 5 rings (SSSR count). The van der Waals surface area contributed by atoms with Crippen LogP contribution in [0.1, 0.15) is 57.9 Å². The van der Waals surface area contributed by atoms with Crippen LogP contribution in [0.3, 0.4) is 0 Å². The molecule has 2 amide bonds. The van der Waals surface area contributed by atoms with E-state index in [9.17, 15) is 4.79 Å². The first-order valence-corrected chi connectivity index (χ1v) is 10.4. The van der Waals surface area contributed by atoms with Gasteiger partial charge in [0, 0.05) is 37.3 Å². The molecule has 0 radical (unpaired) electrons. The van der Waals surface area contributed by atoms with Crippen LogP contribution in [-0.2, 0) is 4.74 Å². The summed E-state index contributed by atoms with van der Waals surface area (Å²) in [7, 11) is 0. The van der Waals surface area contributed by atoms with Crippen LogP contribution >= 0.6 is 0 Å². The predicted molar refractivity (Wildman–Crippen MR) is 99.0 cm³/mol. The zero-order valence-corrected chi connectivity index (χ0v) is 15.7. The topological polar surface area (TPSA) is 59.4 Å². The second-order valence-corrected chi connectivity index (χ2v) is 8.91. The highest BCUT2D eigenvalue weighted by atomic mass is 16.5. The van der Waals surface area contributed by atoms with E-state index in [1.54, 1.807) is 6.20 Å². The number of hydrogen-bond acceptors (Lipinski definition) is 3. The smallest absolute Gasteiger partial charge is 0.323 e. The van der Waals surface area contributed by atoms with E-state index in [0.29, 0.717) is 29.3 Å². The number of rotatable bonds is 4. The quantitative estimate of drug-likeness (QED) is 0.893. The molecule has 26 heavy (non-hydrogen) atoms. The SMILES string of the molecule is CC(C1CC1)n1nccc1NC(=O)N1CC2(CCC2)C1C1CCOCC1. The van der Waals surface area contributed by atoms with Gasteiger partial charge in [-0.3, -0.25) is 5.32 Å². The van der Waals surface area contributed by atoms with Gasteiger partial charge in [-0.05, 0) is 57.3 Å². The maximum absolute atomic E-state index is 13.1. The molecule has 2 saturated carbocycles. The second kappa shape index (κ2) is 6.25. The lowest BCUT2D eigenvalue weighted by atomic mass is 9.54. The maximum Gasteiger partial charge on any atom is 0.323 e. The van der Waals surface area contributed by atoms with Crippen molar-refractivity contribution in [3.63, 3.8) is 0 Å². The van der Waals surface area contributed by atoms with Crippen molar-refractivity contribution < 1.29 is 9.53 Å². The molecule has 2 aliphatic heterocycles. The van der Waals surface area contributed by atoms with Crippen LogP contribution in [0.15, 0.2) is 12.3 Å². The van der Waals surface area contributed by atoms with Crippen LogP contribution in [0.4, 0.5) is 10.6 Å². The lowest BCUT2D eigenvalue weighted by Gasteiger charge is -2.64. The zero-order valence-electron chi connectivity index (χ0n) is 15.7. The number of ether oxygens (including phenoxy) is 1. The van der Waals surface area contributed by atoms with Crippen molar-refractivity contribution in [2.75, 3.05) is 25.1 Å². The summed E-state index contributed by atoms with van der Waals surface area (Å²) in [6.07, 6.45) is 10.4. The summed E-state index contributed by atoms with van der Waals surface area (Å²) in [5, 5.41) is 7.63. The van der Waals surface area contributed by atoms with Gasteiger partial charge in [0.05, 0.1) is 12.2 Å². The summed E-state index contributed by atoms with van der Waals surface area (Å²) >= 11 is 0. The fourth-order valence-corrected chi connectivity index (χ4v) is 5.52. The highest BCUT2D eigenvalue weighted by molar-refractivity contribution is 5.89. The first-order chi connectivity index (χ1) is 12.7. The highest BCUT2D eigenvalue weighted by Crippen LogP contribution is 2.56. The number of hydrogen-bond donors (Lipinski definition) is 1. The van der Waals surface area contributed by atoms with Crippen molar-refractivity contribution in [1.29, 1.82) is 0 Å². The molecule has 1 spiro atoms. The van der Waals surface area contributed by atoms with E-state index in [0.717, 1.165) is 38.4 Å². The van der Waals surface area contributed by atoms with Gasteiger partial charge in [-0.1, -0.05) is 6.42 Å². The maximum atomic E-state index is 13.1. The average Bonchev–Trinajstić information content (AvgIpc) is 3.33. The number of carbonyl (C=O) groups excluding carboxylic acids is 1. The fraction of sp³-hybridized carbons (Fsp3) is 0.800. The van der Waals surface area contributed by atoms with Crippen LogP contribution in [0, 0.1) is 17.3 Å². The minimum atomic E-state index is 0.0590. The molecule has 1 N–H and O–H groups in total. The van der Waals surface area contributed by atoms with Crippen molar-refractivity contribution in [2.45, 2.75) is 64.0 Å². The Morgan fingerprint density at radius 2 is 2.08 bits per heavy atom. The Morgan fingerprint density at radius 3 is 2.73 bits per heavy atom. The average molecular weight is 358 g/mol. The van der Waals surface area contributed by atoms with Crippen molar-refractivity contribution in [2.24, 2.45) is 17.3 Å². The third-order valence-corrected chi connectivity index (χ3v) is 7.37. The second-order valence-electron chi connectivity index (χ2n) is 8.91. The van der Waals surface area contributed by atoms with Crippen molar-refractivity contribution in [3.8, 4) is 0 Å². The Morgan fingerprint density at radius 1 is 1.31 bits per heavy atom. The number of likely N-dealkylation sites (tertiary alicyclic amines) is 1. The summed E-state index contributed by atoms with van der Waals surface area (Å²) in [6.45, 7) is 4.82. The summed E-state index contributed by atoms with van der Waals surface area (Å²) in [6, 6.07) is 2.75.